The molecule has 2 aromatic rings. The van der Waals surface area contributed by atoms with Gasteiger partial charge in [0.25, 0.3) is 0 Å². The molecule has 0 aliphatic carbocycles. The fourth-order valence-electron chi connectivity index (χ4n) is 1.45. The number of carbonyl (C=O) groups excluding carboxylic acids is 1. The van der Waals surface area contributed by atoms with E-state index in [2.05, 4.69) is 15.5 Å². The van der Waals surface area contributed by atoms with Gasteiger partial charge in [0, 0.05) is 0 Å². The van der Waals surface area contributed by atoms with E-state index in [4.69, 9.17) is 12.2 Å². The van der Waals surface area contributed by atoms with E-state index >= 15 is 0 Å². The highest BCUT2D eigenvalue weighted by Crippen LogP contribution is 2.12. The predicted octanol–water partition coefficient (Wildman–Crippen LogP) is 2.69. The fourth-order valence-corrected chi connectivity index (χ4v) is 2.26. The molecule has 0 spiro atoms. The van der Waals surface area contributed by atoms with Crippen LogP contribution in [0.2, 0.25) is 0 Å². The summed E-state index contributed by atoms with van der Waals surface area (Å²) >= 11 is 6.13. The lowest BCUT2D eigenvalue weighted by Gasteiger charge is -2.02. The Morgan fingerprint density at radius 2 is 2.41 bits per heavy atom. The first-order chi connectivity index (χ1) is 8.13. The number of hydrogen-bond acceptors (Lipinski definition) is 4. The Kier molecular flexibility index (Phi) is 3.65. The first-order valence-corrected chi connectivity index (χ1v) is 6.27. The number of nitrogens with zero attached hydrogens (tertiary/aromatic N) is 1. The number of H-pyrrole nitrogens is 1. The number of benzene rings is 1. The Balaban J connectivity index is 2.00. The van der Waals surface area contributed by atoms with Gasteiger partial charge in [-0.2, -0.15) is 0 Å². The largest absolute Gasteiger partial charge is 0.300 e. The zero-order valence-corrected chi connectivity index (χ0v) is 10.8. The van der Waals surface area contributed by atoms with Crippen molar-refractivity contribution in [2.24, 2.45) is 0 Å². The average Bonchev–Trinajstić information content (AvgIpc) is 2.63. The predicted molar refractivity (Wildman–Crippen MR) is 70.8 cm³/mol. The van der Waals surface area contributed by atoms with Crippen molar-refractivity contribution in [3.8, 4) is 0 Å². The summed E-state index contributed by atoms with van der Waals surface area (Å²) in [5.74, 6) is -0.0895. The third kappa shape index (κ3) is 3.47. The van der Waals surface area contributed by atoms with Gasteiger partial charge in [-0.1, -0.05) is 41.2 Å². The van der Waals surface area contributed by atoms with E-state index in [1.807, 2.05) is 31.2 Å². The second-order valence-corrected chi connectivity index (χ2v) is 5.30. The van der Waals surface area contributed by atoms with E-state index in [0.717, 1.165) is 11.1 Å². The highest BCUT2D eigenvalue weighted by molar-refractivity contribution is 7.73. The molecule has 2 N–H and O–H groups in total. The van der Waals surface area contributed by atoms with Crippen LogP contribution in [-0.4, -0.2) is 16.1 Å². The van der Waals surface area contributed by atoms with Gasteiger partial charge in [0.15, 0.2) is 3.95 Å². The Morgan fingerprint density at radius 1 is 1.59 bits per heavy atom. The number of carbonyl (C=O) groups is 1. The van der Waals surface area contributed by atoms with Gasteiger partial charge < -0.3 is 5.32 Å². The maximum atomic E-state index is 11.7. The third-order valence-electron chi connectivity index (χ3n) is 2.13. The van der Waals surface area contributed by atoms with E-state index in [1.165, 1.54) is 11.3 Å². The summed E-state index contributed by atoms with van der Waals surface area (Å²) in [6, 6.07) is 7.86. The summed E-state index contributed by atoms with van der Waals surface area (Å²) in [6.07, 6.45) is 0.341. The molecule has 0 fully saturated rings. The monoisotopic (exact) mass is 265 g/mol. The van der Waals surface area contributed by atoms with Crippen LogP contribution in [-0.2, 0) is 11.2 Å². The lowest BCUT2D eigenvalue weighted by molar-refractivity contribution is -0.115. The molecule has 0 radical (unpaired) electrons. The molecule has 0 aliphatic rings. The summed E-state index contributed by atoms with van der Waals surface area (Å²) in [7, 11) is 0. The molecule has 6 heteroatoms. The van der Waals surface area contributed by atoms with Crippen molar-refractivity contribution in [3.05, 3.63) is 39.3 Å². The maximum Gasteiger partial charge on any atom is 0.230 e. The Bertz CT molecular complexity index is 588. The highest BCUT2D eigenvalue weighted by atomic mass is 32.1. The van der Waals surface area contributed by atoms with Crippen LogP contribution in [0.1, 0.15) is 11.1 Å². The number of aryl methyl sites for hydroxylation is 1. The van der Waals surface area contributed by atoms with Gasteiger partial charge in [-0.25, -0.2) is 0 Å². The van der Waals surface area contributed by atoms with E-state index in [-0.39, 0.29) is 5.91 Å². The van der Waals surface area contributed by atoms with Gasteiger partial charge in [0.05, 0.1) is 6.42 Å². The van der Waals surface area contributed by atoms with Crippen molar-refractivity contribution in [3.63, 3.8) is 0 Å². The van der Waals surface area contributed by atoms with Crippen molar-refractivity contribution in [2.45, 2.75) is 13.3 Å². The van der Waals surface area contributed by atoms with Crippen LogP contribution in [0, 0.1) is 10.9 Å². The first-order valence-electron chi connectivity index (χ1n) is 5.04. The van der Waals surface area contributed by atoms with Crippen LogP contribution in [0.5, 0.6) is 0 Å². The lowest BCUT2D eigenvalue weighted by atomic mass is 10.1. The quantitative estimate of drug-likeness (QED) is 0.839. The average molecular weight is 265 g/mol. The number of amides is 1. The molecule has 0 saturated carbocycles. The van der Waals surface area contributed by atoms with Crippen LogP contribution in [0.3, 0.4) is 0 Å². The van der Waals surface area contributed by atoms with Crippen molar-refractivity contribution in [1.82, 2.24) is 10.2 Å². The molecule has 0 bridgehead atoms. The molecule has 0 saturated heterocycles. The van der Waals surface area contributed by atoms with Crippen LogP contribution in [0.4, 0.5) is 5.13 Å². The highest BCUT2D eigenvalue weighted by Gasteiger charge is 2.06. The summed E-state index contributed by atoms with van der Waals surface area (Å²) in [6.45, 7) is 2.00. The Morgan fingerprint density at radius 3 is 3.06 bits per heavy atom. The number of hydrogen-bond donors (Lipinski definition) is 2. The number of rotatable bonds is 3. The Hall–Kier alpha value is -1.53. The van der Waals surface area contributed by atoms with E-state index in [1.54, 1.807) is 0 Å². The topological polar surface area (TPSA) is 57.8 Å². The van der Waals surface area contributed by atoms with Gasteiger partial charge in [0.2, 0.25) is 11.0 Å². The molecule has 4 nitrogen and oxygen atoms in total. The van der Waals surface area contributed by atoms with E-state index < -0.39 is 0 Å². The number of aromatic nitrogens is 2. The van der Waals surface area contributed by atoms with Crippen LogP contribution >= 0.6 is 23.6 Å². The summed E-state index contributed by atoms with van der Waals surface area (Å²) < 4.78 is 0.552. The standard InChI is InChI=1S/C11H11N3OS2/c1-7-3-2-4-8(5-7)6-9(15)12-10-13-14-11(16)17-10/h2-5H,6H2,1H3,(H,14,16)(H,12,13,15). The van der Waals surface area contributed by atoms with Gasteiger partial charge in [-0.15, -0.1) is 5.10 Å². The van der Waals surface area contributed by atoms with Crippen molar-refractivity contribution < 1.29 is 4.79 Å². The minimum Gasteiger partial charge on any atom is -0.300 e. The normalized spacial score (nSPS) is 10.2. The number of anilines is 1. The fraction of sp³-hybridized carbons (Fsp3) is 0.182. The molecule has 17 heavy (non-hydrogen) atoms. The van der Waals surface area contributed by atoms with Gasteiger partial charge in [-0.05, 0) is 24.7 Å². The molecule has 1 aromatic heterocycles. The molecule has 88 valence electrons. The SMILES string of the molecule is Cc1cccc(CC(=O)Nc2n[nH]c(=S)s2)c1. The van der Waals surface area contributed by atoms with Gasteiger partial charge >= 0.3 is 0 Å². The molecule has 1 aromatic carbocycles. The summed E-state index contributed by atoms with van der Waals surface area (Å²) in [5.41, 5.74) is 2.13. The molecule has 2 rings (SSSR count). The molecule has 1 amide bonds. The van der Waals surface area contributed by atoms with Crippen molar-refractivity contribution >= 4 is 34.6 Å². The van der Waals surface area contributed by atoms with Crippen LogP contribution in [0.15, 0.2) is 24.3 Å². The number of nitrogens with one attached hydrogen (secondary N) is 2. The summed E-state index contributed by atoms with van der Waals surface area (Å²) in [4.78, 5) is 11.7. The molecule has 0 atom stereocenters. The lowest BCUT2D eigenvalue weighted by Crippen LogP contribution is -2.14. The molecule has 0 aliphatic heterocycles. The smallest absolute Gasteiger partial charge is 0.230 e. The van der Waals surface area contributed by atoms with E-state index in [0.29, 0.717) is 15.5 Å². The van der Waals surface area contributed by atoms with Gasteiger partial charge in [-0.3, -0.25) is 9.89 Å². The number of aromatic amines is 1. The van der Waals surface area contributed by atoms with Crippen LogP contribution in [0.25, 0.3) is 0 Å². The molecule has 1 heterocycles. The van der Waals surface area contributed by atoms with Crippen molar-refractivity contribution in [1.29, 1.82) is 0 Å². The molecular formula is C11H11N3OS2. The second-order valence-electron chi connectivity index (χ2n) is 3.63. The Labute approximate surface area is 108 Å². The minimum atomic E-state index is -0.0895. The van der Waals surface area contributed by atoms with Crippen molar-refractivity contribution in [2.75, 3.05) is 5.32 Å². The zero-order valence-electron chi connectivity index (χ0n) is 9.19. The second kappa shape index (κ2) is 5.20. The van der Waals surface area contributed by atoms with Crippen LogP contribution < -0.4 is 5.32 Å². The molecule has 0 unspecified atom stereocenters. The van der Waals surface area contributed by atoms with Gasteiger partial charge in [0.1, 0.15) is 0 Å². The third-order valence-corrected chi connectivity index (χ3v) is 3.14. The van der Waals surface area contributed by atoms with E-state index in [9.17, 15) is 4.79 Å². The maximum absolute atomic E-state index is 11.7. The zero-order chi connectivity index (χ0) is 12.3. The molecular weight excluding hydrogens is 254 g/mol. The minimum absolute atomic E-state index is 0.0895. The summed E-state index contributed by atoms with van der Waals surface area (Å²) in [5, 5.41) is 9.70. The first kappa shape index (κ1) is 11.9.